The number of rotatable bonds is 3. The van der Waals surface area contributed by atoms with Gasteiger partial charge in [-0.2, -0.15) is 0 Å². The van der Waals surface area contributed by atoms with Crippen molar-refractivity contribution in [3.63, 3.8) is 0 Å². The third kappa shape index (κ3) is 1.85. The molecule has 0 N–H and O–H groups in total. The SMILES string of the molecule is C#CCn1cccc1C(=O)c1cccs1. The van der Waals surface area contributed by atoms with E-state index in [2.05, 4.69) is 5.92 Å². The molecule has 0 saturated heterocycles. The van der Waals surface area contributed by atoms with E-state index in [0.29, 0.717) is 12.2 Å². The maximum atomic E-state index is 12.0. The number of aromatic nitrogens is 1. The largest absolute Gasteiger partial charge is 0.333 e. The molecule has 3 heteroatoms. The number of hydrogen-bond donors (Lipinski definition) is 0. The van der Waals surface area contributed by atoms with E-state index < -0.39 is 0 Å². The second-order valence-corrected chi connectivity index (χ2v) is 3.98. The van der Waals surface area contributed by atoms with Gasteiger partial charge in [0.1, 0.15) is 0 Å². The van der Waals surface area contributed by atoms with Gasteiger partial charge in [0.2, 0.25) is 5.78 Å². The van der Waals surface area contributed by atoms with Gasteiger partial charge in [-0.25, -0.2) is 0 Å². The minimum atomic E-state index is 0.0326. The van der Waals surface area contributed by atoms with Crippen molar-refractivity contribution in [3.8, 4) is 12.3 Å². The Bertz CT molecular complexity index is 502. The Kier molecular flexibility index (Phi) is 2.70. The number of carbonyl (C=O) groups is 1. The Hall–Kier alpha value is -1.79. The van der Waals surface area contributed by atoms with Gasteiger partial charge >= 0.3 is 0 Å². The predicted octanol–water partition coefficient (Wildman–Crippen LogP) is 2.41. The molecule has 0 aliphatic carbocycles. The highest BCUT2D eigenvalue weighted by atomic mass is 32.1. The molecular formula is C12H9NOS. The van der Waals surface area contributed by atoms with Crippen molar-refractivity contribution < 1.29 is 4.79 Å². The molecule has 0 aliphatic rings. The van der Waals surface area contributed by atoms with E-state index in [-0.39, 0.29) is 5.78 Å². The van der Waals surface area contributed by atoms with E-state index in [1.54, 1.807) is 10.6 Å². The van der Waals surface area contributed by atoms with Gasteiger partial charge in [0, 0.05) is 6.20 Å². The molecule has 0 atom stereocenters. The summed E-state index contributed by atoms with van der Waals surface area (Å²) in [6.07, 6.45) is 7.05. The number of nitrogens with zero attached hydrogens (tertiary/aromatic N) is 1. The van der Waals surface area contributed by atoms with Crippen LogP contribution >= 0.6 is 11.3 Å². The maximum absolute atomic E-state index is 12.0. The summed E-state index contributed by atoms with van der Waals surface area (Å²) in [5, 5.41) is 1.89. The second-order valence-electron chi connectivity index (χ2n) is 3.03. The van der Waals surface area contributed by atoms with Crippen LogP contribution in [0.1, 0.15) is 15.4 Å². The standard InChI is InChI=1S/C12H9NOS/c1-2-7-13-8-3-5-10(13)12(14)11-6-4-9-15-11/h1,3-6,8-9H,7H2. The highest BCUT2D eigenvalue weighted by Crippen LogP contribution is 2.15. The number of thiophene rings is 1. The van der Waals surface area contributed by atoms with Crippen LogP contribution in [0.3, 0.4) is 0 Å². The molecule has 0 radical (unpaired) electrons. The van der Waals surface area contributed by atoms with Gasteiger partial charge in [-0.05, 0) is 23.6 Å². The molecule has 0 amide bonds. The molecule has 0 aromatic carbocycles. The van der Waals surface area contributed by atoms with Crippen LogP contribution in [0.4, 0.5) is 0 Å². The van der Waals surface area contributed by atoms with Crippen LogP contribution < -0.4 is 0 Å². The van der Waals surface area contributed by atoms with E-state index in [9.17, 15) is 4.79 Å². The van der Waals surface area contributed by atoms with Gasteiger partial charge in [0.25, 0.3) is 0 Å². The number of terminal acetylenes is 1. The van der Waals surface area contributed by atoms with Crippen LogP contribution in [0.15, 0.2) is 35.8 Å². The fourth-order valence-electron chi connectivity index (χ4n) is 1.39. The van der Waals surface area contributed by atoms with Gasteiger partial charge in [0.05, 0.1) is 17.1 Å². The molecule has 0 aliphatic heterocycles. The zero-order valence-corrected chi connectivity index (χ0v) is 8.83. The van der Waals surface area contributed by atoms with E-state index in [0.717, 1.165) is 4.88 Å². The Labute approximate surface area is 92.2 Å². The van der Waals surface area contributed by atoms with Crippen LogP contribution in [-0.4, -0.2) is 10.4 Å². The third-order valence-corrected chi connectivity index (χ3v) is 2.94. The third-order valence-electron chi connectivity index (χ3n) is 2.07. The van der Waals surface area contributed by atoms with E-state index in [1.165, 1.54) is 11.3 Å². The molecule has 0 fully saturated rings. The lowest BCUT2D eigenvalue weighted by molar-refractivity contribution is 0.103. The average Bonchev–Trinajstić information content (AvgIpc) is 2.87. The minimum Gasteiger partial charge on any atom is -0.333 e. The van der Waals surface area contributed by atoms with Crippen LogP contribution in [0, 0.1) is 12.3 Å². The van der Waals surface area contributed by atoms with Crippen molar-refractivity contribution in [2.75, 3.05) is 0 Å². The highest BCUT2D eigenvalue weighted by Gasteiger charge is 2.13. The van der Waals surface area contributed by atoms with Crippen molar-refractivity contribution in [2.45, 2.75) is 6.54 Å². The van der Waals surface area contributed by atoms with Gasteiger partial charge in [-0.1, -0.05) is 12.0 Å². The first kappa shape index (κ1) is 9.75. The summed E-state index contributed by atoms with van der Waals surface area (Å²) in [6, 6.07) is 7.31. The minimum absolute atomic E-state index is 0.0326. The fraction of sp³-hybridized carbons (Fsp3) is 0.0833. The molecule has 2 rings (SSSR count). The monoisotopic (exact) mass is 215 g/mol. The van der Waals surface area contributed by atoms with Crippen molar-refractivity contribution in [1.82, 2.24) is 4.57 Å². The summed E-state index contributed by atoms with van der Waals surface area (Å²) in [4.78, 5) is 12.7. The molecular weight excluding hydrogens is 206 g/mol. The summed E-state index contributed by atoms with van der Waals surface area (Å²) >= 11 is 1.44. The highest BCUT2D eigenvalue weighted by molar-refractivity contribution is 7.12. The van der Waals surface area contributed by atoms with E-state index in [4.69, 9.17) is 6.42 Å². The molecule has 2 aromatic heterocycles. The Morgan fingerprint density at radius 3 is 3.00 bits per heavy atom. The first-order chi connectivity index (χ1) is 7.33. The summed E-state index contributed by atoms with van der Waals surface area (Å²) in [7, 11) is 0. The lowest BCUT2D eigenvalue weighted by atomic mass is 10.2. The predicted molar refractivity (Wildman–Crippen MR) is 61.0 cm³/mol. The zero-order chi connectivity index (χ0) is 10.7. The van der Waals surface area contributed by atoms with Gasteiger partial charge in [-0.3, -0.25) is 4.79 Å². The van der Waals surface area contributed by atoms with Crippen molar-refractivity contribution in [3.05, 3.63) is 46.4 Å². The van der Waals surface area contributed by atoms with Crippen LogP contribution in [0.2, 0.25) is 0 Å². The number of carbonyl (C=O) groups excluding carboxylic acids is 1. The van der Waals surface area contributed by atoms with E-state index >= 15 is 0 Å². The molecule has 74 valence electrons. The van der Waals surface area contributed by atoms with Crippen LogP contribution in [-0.2, 0) is 6.54 Å². The fourth-order valence-corrected chi connectivity index (χ4v) is 2.06. The molecule has 2 nitrogen and oxygen atoms in total. The summed E-state index contributed by atoms with van der Waals surface area (Å²) < 4.78 is 1.78. The van der Waals surface area contributed by atoms with Crippen molar-refractivity contribution in [1.29, 1.82) is 0 Å². The van der Waals surface area contributed by atoms with Gasteiger partial charge in [0.15, 0.2) is 0 Å². The number of ketones is 1. The van der Waals surface area contributed by atoms with Crippen molar-refractivity contribution >= 4 is 17.1 Å². The molecule has 2 aromatic rings. The molecule has 0 bridgehead atoms. The lowest BCUT2D eigenvalue weighted by Gasteiger charge is -2.02. The molecule has 0 unspecified atom stereocenters. The maximum Gasteiger partial charge on any atom is 0.219 e. The molecule has 15 heavy (non-hydrogen) atoms. The zero-order valence-electron chi connectivity index (χ0n) is 8.01. The van der Waals surface area contributed by atoms with Crippen LogP contribution in [0.25, 0.3) is 0 Å². The smallest absolute Gasteiger partial charge is 0.219 e. The van der Waals surface area contributed by atoms with Gasteiger partial charge in [-0.15, -0.1) is 17.8 Å². The first-order valence-corrected chi connectivity index (χ1v) is 5.37. The lowest BCUT2D eigenvalue weighted by Crippen LogP contribution is -2.07. The molecule has 0 spiro atoms. The Balaban J connectivity index is 2.34. The normalized spacial score (nSPS) is 9.80. The summed E-state index contributed by atoms with van der Waals surface area (Å²) in [5.41, 5.74) is 0.649. The van der Waals surface area contributed by atoms with Crippen molar-refractivity contribution in [2.24, 2.45) is 0 Å². The Morgan fingerprint density at radius 2 is 2.33 bits per heavy atom. The molecule has 0 saturated carbocycles. The summed E-state index contributed by atoms with van der Waals surface area (Å²) in [6.45, 7) is 0.430. The Morgan fingerprint density at radius 1 is 1.47 bits per heavy atom. The first-order valence-electron chi connectivity index (χ1n) is 4.49. The summed E-state index contributed by atoms with van der Waals surface area (Å²) in [5.74, 6) is 2.56. The van der Waals surface area contributed by atoms with Crippen LogP contribution in [0.5, 0.6) is 0 Å². The topological polar surface area (TPSA) is 22.0 Å². The van der Waals surface area contributed by atoms with Gasteiger partial charge < -0.3 is 4.57 Å². The quantitative estimate of drug-likeness (QED) is 0.569. The number of hydrogen-bond acceptors (Lipinski definition) is 2. The average molecular weight is 215 g/mol. The molecule has 2 heterocycles. The van der Waals surface area contributed by atoms with E-state index in [1.807, 2.05) is 29.8 Å². The second kappa shape index (κ2) is 4.16.